The van der Waals surface area contributed by atoms with Gasteiger partial charge in [0.05, 0.1) is 19.8 Å². The first-order valence-corrected chi connectivity index (χ1v) is 12.6. The van der Waals surface area contributed by atoms with Gasteiger partial charge < -0.3 is 24.6 Å². The molecule has 1 saturated carbocycles. The van der Waals surface area contributed by atoms with Crippen molar-refractivity contribution < 1.29 is 9.47 Å². The van der Waals surface area contributed by atoms with Crippen LogP contribution in [0.25, 0.3) is 0 Å². The minimum atomic E-state index is 0.117. The Morgan fingerprint density at radius 2 is 1.81 bits per heavy atom. The van der Waals surface area contributed by atoms with Gasteiger partial charge in [-0.1, -0.05) is 26.8 Å². The fraction of sp³-hybridized carbons (Fsp3) is 0.630. The molecule has 5 nitrogen and oxygen atoms in total. The average molecular weight is 440 g/mol. The number of allylic oxidation sites excluding steroid dienone is 2. The number of rotatable bonds is 3. The number of ether oxygens (including phenoxy) is 2. The minimum absolute atomic E-state index is 0.117. The highest BCUT2D eigenvalue weighted by Gasteiger charge is 2.53. The maximum Gasteiger partial charge on any atom is 0.126 e. The molecule has 0 amide bonds. The Balaban J connectivity index is 0.00000119. The van der Waals surface area contributed by atoms with Gasteiger partial charge in [0.2, 0.25) is 0 Å². The third-order valence-corrected chi connectivity index (χ3v) is 7.66. The summed E-state index contributed by atoms with van der Waals surface area (Å²) in [6, 6.07) is 4.26. The second kappa shape index (κ2) is 9.38. The Bertz CT molecular complexity index is 892. The summed E-state index contributed by atoms with van der Waals surface area (Å²) in [4.78, 5) is 5.41. The van der Waals surface area contributed by atoms with E-state index in [0.29, 0.717) is 5.92 Å². The van der Waals surface area contributed by atoms with E-state index in [2.05, 4.69) is 41.1 Å². The van der Waals surface area contributed by atoms with Gasteiger partial charge in [0, 0.05) is 36.3 Å². The lowest BCUT2D eigenvalue weighted by Gasteiger charge is -2.43. The number of likely N-dealkylation sites (N-methyl/N-ethyl adjacent to an activating group) is 1. The van der Waals surface area contributed by atoms with Crippen molar-refractivity contribution >= 4 is 0 Å². The molecule has 5 heteroatoms. The maximum atomic E-state index is 5.83. The summed E-state index contributed by atoms with van der Waals surface area (Å²) in [5, 5.41) is 3.60. The first-order valence-electron chi connectivity index (χ1n) is 12.6. The molecule has 0 radical (unpaired) electrons. The molecule has 176 valence electrons. The summed E-state index contributed by atoms with van der Waals surface area (Å²) in [5.41, 5.74) is 5.91. The lowest BCUT2D eigenvalue weighted by molar-refractivity contribution is 0.154. The zero-order valence-corrected chi connectivity index (χ0v) is 20.9. The van der Waals surface area contributed by atoms with Crippen molar-refractivity contribution in [2.45, 2.75) is 77.8 Å². The van der Waals surface area contributed by atoms with E-state index in [1.54, 1.807) is 19.8 Å². The van der Waals surface area contributed by atoms with Gasteiger partial charge in [0.25, 0.3) is 0 Å². The third-order valence-electron chi connectivity index (χ3n) is 7.66. The Hall–Kier alpha value is -2.14. The van der Waals surface area contributed by atoms with E-state index in [0.717, 1.165) is 37.7 Å². The largest absolute Gasteiger partial charge is 0.497 e. The van der Waals surface area contributed by atoms with Gasteiger partial charge >= 0.3 is 0 Å². The second-order valence-corrected chi connectivity index (χ2v) is 9.14. The van der Waals surface area contributed by atoms with Crippen LogP contribution in [-0.4, -0.2) is 49.2 Å². The van der Waals surface area contributed by atoms with Crippen molar-refractivity contribution in [2.75, 3.05) is 33.9 Å². The fourth-order valence-electron chi connectivity index (χ4n) is 6.12. The topological polar surface area (TPSA) is 37.0 Å². The van der Waals surface area contributed by atoms with Crippen LogP contribution in [0.3, 0.4) is 0 Å². The van der Waals surface area contributed by atoms with Crippen molar-refractivity contribution in [3.8, 4) is 11.5 Å². The number of nitrogens with zero attached hydrogens (tertiary/aromatic N) is 2. The summed E-state index contributed by atoms with van der Waals surface area (Å²) in [6.07, 6.45) is 8.70. The molecule has 3 aliphatic heterocycles. The molecule has 3 fully saturated rings. The first kappa shape index (κ1) is 23.0. The molecule has 1 atom stereocenters. The molecule has 4 aliphatic rings. The van der Waals surface area contributed by atoms with Gasteiger partial charge in [0.1, 0.15) is 17.3 Å². The van der Waals surface area contributed by atoms with Crippen LogP contribution in [0.1, 0.15) is 76.8 Å². The molecule has 0 bridgehead atoms. The Morgan fingerprint density at radius 3 is 2.38 bits per heavy atom. The molecule has 1 spiro atoms. The van der Waals surface area contributed by atoms with Crippen molar-refractivity contribution in [1.29, 1.82) is 0 Å². The first-order chi connectivity index (χ1) is 15.6. The number of methoxy groups -OCH3 is 2. The maximum absolute atomic E-state index is 5.83. The molecule has 1 aromatic rings. The van der Waals surface area contributed by atoms with E-state index < -0.39 is 0 Å². The SMILES string of the molecule is CC.CCN1C(=C2CCC2)N2Cc3cc(OC)cc(OC)c3C(C)C=C2C12CCNCC2. The number of hydrogen-bond acceptors (Lipinski definition) is 5. The van der Waals surface area contributed by atoms with Gasteiger partial charge in [-0.2, -0.15) is 0 Å². The summed E-state index contributed by atoms with van der Waals surface area (Å²) in [5.74, 6) is 3.62. The number of hydrogen-bond donors (Lipinski definition) is 1. The van der Waals surface area contributed by atoms with E-state index in [1.165, 1.54) is 54.7 Å². The quantitative estimate of drug-likeness (QED) is 0.684. The van der Waals surface area contributed by atoms with Gasteiger partial charge in [-0.15, -0.1) is 0 Å². The van der Waals surface area contributed by atoms with Crippen LogP contribution in [0.2, 0.25) is 0 Å². The Kier molecular flexibility index (Phi) is 6.75. The summed E-state index contributed by atoms with van der Waals surface area (Å²) in [7, 11) is 3.52. The zero-order chi connectivity index (χ0) is 22.9. The molecule has 1 N–H and O–H groups in total. The van der Waals surface area contributed by atoms with E-state index in [-0.39, 0.29) is 5.54 Å². The van der Waals surface area contributed by atoms with E-state index >= 15 is 0 Å². The van der Waals surface area contributed by atoms with Crippen LogP contribution in [0.15, 0.2) is 35.3 Å². The van der Waals surface area contributed by atoms with E-state index in [9.17, 15) is 0 Å². The summed E-state index contributed by atoms with van der Waals surface area (Å²) >= 11 is 0. The summed E-state index contributed by atoms with van der Waals surface area (Å²) < 4.78 is 11.5. The van der Waals surface area contributed by atoms with Crippen LogP contribution in [0.4, 0.5) is 0 Å². The van der Waals surface area contributed by atoms with Crippen molar-refractivity contribution in [2.24, 2.45) is 0 Å². The molecule has 5 rings (SSSR count). The third kappa shape index (κ3) is 3.49. The predicted octanol–water partition coefficient (Wildman–Crippen LogP) is 5.39. The number of benzene rings is 1. The highest BCUT2D eigenvalue weighted by molar-refractivity contribution is 5.53. The van der Waals surface area contributed by atoms with Gasteiger partial charge in [0.15, 0.2) is 0 Å². The van der Waals surface area contributed by atoms with Gasteiger partial charge in [-0.25, -0.2) is 0 Å². The smallest absolute Gasteiger partial charge is 0.126 e. The van der Waals surface area contributed by atoms with E-state index in [4.69, 9.17) is 9.47 Å². The lowest BCUT2D eigenvalue weighted by atomic mass is 9.82. The predicted molar refractivity (Wildman–Crippen MR) is 131 cm³/mol. The Morgan fingerprint density at radius 1 is 1.09 bits per heavy atom. The highest BCUT2D eigenvalue weighted by atomic mass is 16.5. The molecular weight excluding hydrogens is 398 g/mol. The molecule has 2 saturated heterocycles. The molecular formula is C27H41N3O2. The molecule has 3 heterocycles. The Labute approximate surface area is 194 Å². The van der Waals surface area contributed by atoms with Crippen molar-refractivity contribution in [3.05, 3.63) is 46.4 Å². The second-order valence-electron chi connectivity index (χ2n) is 9.14. The minimum Gasteiger partial charge on any atom is -0.497 e. The molecule has 0 aromatic heterocycles. The molecule has 1 aromatic carbocycles. The molecule has 1 unspecified atom stereocenters. The standard InChI is InChI=1S/C25H35N3O2.C2H6/c1-5-28-24(18-7-6-8-18)27-16-19-14-20(29-3)15-21(30-4)23(19)17(2)13-22(27)25(28)9-11-26-12-10-25;1-2/h13-15,17,26H,5-12,16H2,1-4H3;1-2H3. The number of piperidine rings is 1. The zero-order valence-electron chi connectivity index (χ0n) is 20.9. The van der Waals surface area contributed by atoms with Crippen LogP contribution in [0.5, 0.6) is 11.5 Å². The van der Waals surface area contributed by atoms with Crippen LogP contribution in [-0.2, 0) is 6.54 Å². The molecule has 32 heavy (non-hydrogen) atoms. The fourth-order valence-corrected chi connectivity index (χ4v) is 6.12. The number of fused-ring (bicyclic) bond motifs is 3. The summed E-state index contributed by atoms with van der Waals surface area (Å²) in [6.45, 7) is 12.8. The van der Waals surface area contributed by atoms with Crippen LogP contribution in [0, 0.1) is 0 Å². The van der Waals surface area contributed by atoms with Gasteiger partial charge in [-0.3, -0.25) is 0 Å². The van der Waals surface area contributed by atoms with Crippen LogP contribution >= 0.6 is 0 Å². The van der Waals surface area contributed by atoms with Gasteiger partial charge in [-0.05, 0) is 69.3 Å². The van der Waals surface area contributed by atoms with E-state index in [1.807, 2.05) is 19.9 Å². The lowest BCUT2D eigenvalue weighted by Crippen LogP contribution is -2.51. The van der Waals surface area contributed by atoms with Crippen LogP contribution < -0.4 is 14.8 Å². The average Bonchev–Trinajstić information content (AvgIpc) is 2.92. The molecule has 1 aliphatic carbocycles. The monoisotopic (exact) mass is 439 g/mol. The van der Waals surface area contributed by atoms with Crippen molar-refractivity contribution in [1.82, 2.24) is 15.1 Å². The normalized spacial score (nSPS) is 23.4. The number of nitrogens with one attached hydrogen (secondary N) is 1. The highest BCUT2D eigenvalue weighted by Crippen LogP contribution is 2.53. The van der Waals surface area contributed by atoms with Crippen molar-refractivity contribution in [3.63, 3.8) is 0 Å².